The smallest absolute Gasteiger partial charge is 0.274 e. The van der Waals surface area contributed by atoms with Crippen molar-refractivity contribution >= 4 is 23.6 Å². The summed E-state index contributed by atoms with van der Waals surface area (Å²) in [4.78, 5) is 22.1. The van der Waals surface area contributed by atoms with Gasteiger partial charge in [-0.3, -0.25) is 14.8 Å². The van der Waals surface area contributed by atoms with Crippen LogP contribution in [0.3, 0.4) is 0 Å². The van der Waals surface area contributed by atoms with Crippen LogP contribution < -0.4 is 4.90 Å². The van der Waals surface area contributed by atoms with Crippen molar-refractivity contribution in [2.45, 2.75) is 53.6 Å². The number of aryl methyl sites for hydroxylation is 2. The van der Waals surface area contributed by atoms with Gasteiger partial charge in [0.2, 0.25) is 0 Å². The summed E-state index contributed by atoms with van der Waals surface area (Å²) in [5, 5.41) is 0. The van der Waals surface area contributed by atoms with Gasteiger partial charge in [0, 0.05) is 12.1 Å². The summed E-state index contributed by atoms with van der Waals surface area (Å²) >= 11 is 0. The first-order valence-corrected chi connectivity index (χ1v) is 9.85. The van der Waals surface area contributed by atoms with E-state index in [0.717, 1.165) is 33.9 Å². The molecule has 0 atom stereocenters. The van der Waals surface area contributed by atoms with Crippen LogP contribution in [0.25, 0.3) is 6.08 Å². The first-order chi connectivity index (χ1) is 13.3. The molecule has 0 radical (unpaired) electrons. The van der Waals surface area contributed by atoms with E-state index in [1.807, 2.05) is 95.0 Å². The Kier molecular flexibility index (Phi) is 5.68. The number of aliphatic imine (C=N–C) groups is 1. The Labute approximate surface area is 168 Å². The van der Waals surface area contributed by atoms with Gasteiger partial charge in [0.1, 0.15) is 0 Å². The standard InChI is InChI=1S/C24H29N3O/c1-16(2)25-23-21(15-20-13-8-7-9-14-20)27(24(28)26(23)17(3)4)22-18(5)11-10-12-19(22)6/h7-17H,1-6H3/b21-15-,25-23?. The average Bonchev–Trinajstić information content (AvgIpc) is 2.87. The predicted octanol–water partition coefficient (Wildman–Crippen LogP) is 5.80. The highest BCUT2D eigenvalue weighted by molar-refractivity contribution is 6.25. The number of benzene rings is 2. The van der Waals surface area contributed by atoms with Crippen LogP contribution in [0.15, 0.2) is 59.2 Å². The monoisotopic (exact) mass is 375 g/mol. The molecule has 1 aliphatic rings. The third kappa shape index (κ3) is 3.72. The predicted molar refractivity (Wildman–Crippen MR) is 118 cm³/mol. The van der Waals surface area contributed by atoms with Gasteiger partial charge in [0.15, 0.2) is 5.84 Å². The second-order valence-corrected chi connectivity index (χ2v) is 7.81. The highest BCUT2D eigenvalue weighted by Gasteiger charge is 2.42. The number of hydrogen-bond donors (Lipinski definition) is 0. The lowest BCUT2D eigenvalue weighted by Gasteiger charge is -2.23. The van der Waals surface area contributed by atoms with E-state index in [2.05, 4.69) is 6.08 Å². The van der Waals surface area contributed by atoms with Gasteiger partial charge in [-0.15, -0.1) is 0 Å². The van der Waals surface area contributed by atoms with Gasteiger partial charge >= 0.3 is 6.03 Å². The summed E-state index contributed by atoms with van der Waals surface area (Å²) in [6, 6.07) is 16.3. The quantitative estimate of drug-likeness (QED) is 0.665. The summed E-state index contributed by atoms with van der Waals surface area (Å²) < 4.78 is 0. The van der Waals surface area contributed by atoms with Gasteiger partial charge in [0.05, 0.1) is 11.4 Å². The number of urea groups is 1. The molecule has 4 heteroatoms. The van der Waals surface area contributed by atoms with E-state index in [0.29, 0.717) is 0 Å². The summed E-state index contributed by atoms with van der Waals surface area (Å²) in [5.41, 5.74) is 4.96. The minimum Gasteiger partial charge on any atom is -0.274 e. The number of nitrogens with zero attached hydrogens (tertiary/aromatic N) is 3. The Morgan fingerprint density at radius 2 is 1.50 bits per heavy atom. The average molecular weight is 376 g/mol. The van der Waals surface area contributed by atoms with Crippen LogP contribution >= 0.6 is 0 Å². The molecule has 146 valence electrons. The zero-order chi connectivity index (χ0) is 20.4. The number of para-hydroxylation sites is 1. The van der Waals surface area contributed by atoms with E-state index in [9.17, 15) is 4.79 Å². The van der Waals surface area contributed by atoms with E-state index < -0.39 is 0 Å². The van der Waals surface area contributed by atoms with Crippen molar-refractivity contribution in [1.82, 2.24) is 4.90 Å². The third-order valence-corrected chi connectivity index (χ3v) is 4.76. The molecule has 2 amide bonds. The largest absolute Gasteiger partial charge is 0.335 e. The lowest BCUT2D eigenvalue weighted by atomic mass is 10.1. The number of amidine groups is 1. The Morgan fingerprint density at radius 3 is 2.04 bits per heavy atom. The third-order valence-electron chi connectivity index (χ3n) is 4.76. The Bertz CT molecular complexity index is 906. The fourth-order valence-corrected chi connectivity index (χ4v) is 3.57. The fraction of sp³-hybridized carbons (Fsp3) is 0.333. The lowest BCUT2D eigenvalue weighted by Crippen LogP contribution is -2.38. The van der Waals surface area contributed by atoms with Crippen LogP contribution in [0.5, 0.6) is 0 Å². The molecule has 1 aliphatic heterocycles. The molecule has 0 spiro atoms. The number of carbonyl (C=O) groups is 1. The molecule has 2 aromatic carbocycles. The van der Waals surface area contributed by atoms with Crippen LogP contribution in [-0.4, -0.2) is 28.9 Å². The Hall–Kier alpha value is -2.88. The minimum absolute atomic E-state index is 0.0125. The molecule has 3 rings (SSSR count). The van der Waals surface area contributed by atoms with E-state index in [4.69, 9.17) is 4.99 Å². The summed E-state index contributed by atoms with van der Waals surface area (Å²) in [6.07, 6.45) is 2.06. The van der Waals surface area contributed by atoms with Gasteiger partial charge in [-0.1, -0.05) is 48.5 Å². The first-order valence-electron chi connectivity index (χ1n) is 9.85. The van der Waals surface area contributed by atoms with Crippen LogP contribution in [0.2, 0.25) is 0 Å². The molecule has 0 N–H and O–H groups in total. The summed E-state index contributed by atoms with van der Waals surface area (Å²) in [5.74, 6) is 0.738. The molecular formula is C24H29N3O. The molecule has 1 fully saturated rings. The zero-order valence-corrected chi connectivity index (χ0v) is 17.6. The Morgan fingerprint density at radius 1 is 0.893 bits per heavy atom. The maximum Gasteiger partial charge on any atom is 0.335 e. The molecule has 2 aromatic rings. The molecule has 0 bridgehead atoms. The lowest BCUT2D eigenvalue weighted by molar-refractivity contribution is 0.226. The van der Waals surface area contributed by atoms with Crippen LogP contribution in [-0.2, 0) is 0 Å². The molecule has 0 saturated carbocycles. The van der Waals surface area contributed by atoms with Gasteiger partial charge in [0.25, 0.3) is 0 Å². The van der Waals surface area contributed by atoms with E-state index >= 15 is 0 Å². The molecule has 0 unspecified atom stereocenters. The molecule has 28 heavy (non-hydrogen) atoms. The molecule has 4 nitrogen and oxygen atoms in total. The summed E-state index contributed by atoms with van der Waals surface area (Å²) in [7, 11) is 0. The molecule has 0 aliphatic carbocycles. The number of hydrogen-bond acceptors (Lipinski definition) is 2. The van der Waals surface area contributed by atoms with Gasteiger partial charge < -0.3 is 0 Å². The highest BCUT2D eigenvalue weighted by atomic mass is 16.2. The fourth-order valence-electron chi connectivity index (χ4n) is 3.57. The highest BCUT2D eigenvalue weighted by Crippen LogP contribution is 2.36. The van der Waals surface area contributed by atoms with Crippen molar-refractivity contribution in [2.24, 2.45) is 4.99 Å². The number of rotatable bonds is 4. The van der Waals surface area contributed by atoms with Crippen molar-refractivity contribution in [3.8, 4) is 0 Å². The van der Waals surface area contributed by atoms with Crippen molar-refractivity contribution in [2.75, 3.05) is 4.90 Å². The summed E-state index contributed by atoms with van der Waals surface area (Å²) in [6.45, 7) is 12.2. The molecule has 1 heterocycles. The van der Waals surface area contributed by atoms with E-state index in [-0.39, 0.29) is 18.1 Å². The maximum atomic E-state index is 13.6. The first kappa shape index (κ1) is 19.9. The van der Waals surface area contributed by atoms with Gasteiger partial charge in [-0.2, -0.15) is 0 Å². The second kappa shape index (κ2) is 8.01. The van der Waals surface area contributed by atoms with E-state index in [1.165, 1.54) is 0 Å². The van der Waals surface area contributed by atoms with Gasteiger partial charge in [-0.05, 0) is 64.3 Å². The van der Waals surface area contributed by atoms with Crippen molar-refractivity contribution < 1.29 is 4.79 Å². The van der Waals surface area contributed by atoms with Crippen molar-refractivity contribution in [1.29, 1.82) is 0 Å². The molecular weight excluding hydrogens is 346 g/mol. The topological polar surface area (TPSA) is 35.9 Å². The normalized spacial score (nSPS) is 17.6. The molecule has 0 aromatic heterocycles. The van der Waals surface area contributed by atoms with Crippen molar-refractivity contribution in [3.05, 3.63) is 70.9 Å². The molecule has 1 saturated heterocycles. The van der Waals surface area contributed by atoms with Crippen molar-refractivity contribution in [3.63, 3.8) is 0 Å². The van der Waals surface area contributed by atoms with Crippen LogP contribution in [0, 0.1) is 13.8 Å². The number of anilines is 1. The Balaban J connectivity index is 2.29. The maximum absolute atomic E-state index is 13.6. The van der Waals surface area contributed by atoms with Crippen LogP contribution in [0.4, 0.5) is 10.5 Å². The number of carbonyl (C=O) groups excluding carboxylic acids is 1. The van der Waals surface area contributed by atoms with Crippen LogP contribution in [0.1, 0.15) is 44.4 Å². The number of amides is 2. The zero-order valence-electron chi connectivity index (χ0n) is 17.6. The second-order valence-electron chi connectivity index (χ2n) is 7.81. The van der Waals surface area contributed by atoms with Gasteiger partial charge in [-0.25, -0.2) is 4.79 Å². The SMILES string of the molecule is Cc1cccc(C)c1N1C(=O)N(C(C)C)C(=NC(C)C)/C1=C/c1ccccc1. The minimum atomic E-state index is -0.0472. The van der Waals surface area contributed by atoms with E-state index in [1.54, 1.807) is 4.90 Å².